The third kappa shape index (κ3) is 5.16. The number of ether oxygens (including phenoxy) is 1. The molecule has 3 N–H and O–H groups in total. The summed E-state index contributed by atoms with van der Waals surface area (Å²) in [5, 5.41) is 17.0. The molecule has 2 saturated carbocycles. The van der Waals surface area contributed by atoms with E-state index in [-0.39, 0.29) is 47.3 Å². The molecule has 0 bridgehead atoms. The molecule has 2 aliphatic carbocycles. The van der Waals surface area contributed by atoms with Crippen molar-refractivity contribution in [3.05, 3.63) is 48.7 Å². The number of anilines is 3. The van der Waals surface area contributed by atoms with Crippen LogP contribution in [-0.2, 0) is 9.59 Å². The summed E-state index contributed by atoms with van der Waals surface area (Å²) in [7, 11) is 0. The van der Waals surface area contributed by atoms with Crippen molar-refractivity contribution >= 4 is 34.9 Å². The van der Waals surface area contributed by atoms with Crippen LogP contribution in [-0.4, -0.2) is 58.1 Å². The maximum Gasteiger partial charge on any atom is 0.274 e. The zero-order valence-electron chi connectivity index (χ0n) is 18.6. The van der Waals surface area contributed by atoms with Gasteiger partial charge in [-0.2, -0.15) is 0 Å². The van der Waals surface area contributed by atoms with E-state index in [1.807, 2.05) is 24.3 Å². The predicted molar refractivity (Wildman–Crippen MR) is 125 cm³/mol. The van der Waals surface area contributed by atoms with Gasteiger partial charge in [0.2, 0.25) is 11.8 Å². The number of carbonyl (C=O) groups excluding carboxylic acids is 3. The van der Waals surface area contributed by atoms with E-state index in [2.05, 4.69) is 32.7 Å². The maximum atomic E-state index is 12.7. The molecule has 1 aromatic carbocycles. The lowest BCUT2D eigenvalue weighted by molar-refractivity contribution is -0.134. The third-order valence-corrected chi connectivity index (χ3v) is 5.87. The molecule has 2 heterocycles. The molecule has 1 aromatic heterocycles. The summed E-state index contributed by atoms with van der Waals surface area (Å²) in [4.78, 5) is 38.2. The van der Waals surface area contributed by atoms with Crippen molar-refractivity contribution in [3.8, 4) is 5.75 Å². The largest absolute Gasteiger partial charge is 0.487 e. The fourth-order valence-electron chi connectivity index (χ4n) is 3.59. The van der Waals surface area contributed by atoms with Crippen LogP contribution in [0, 0.1) is 5.92 Å². The van der Waals surface area contributed by atoms with Crippen LogP contribution in [0.25, 0.3) is 0 Å². The highest BCUT2D eigenvalue weighted by molar-refractivity contribution is 6.00. The highest BCUT2D eigenvalue weighted by Gasteiger charge is 2.32. The second-order valence-corrected chi connectivity index (χ2v) is 8.84. The third-order valence-electron chi connectivity index (χ3n) is 5.87. The summed E-state index contributed by atoms with van der Waals surface area (Å²) in [5.41, 5.74) is 1.27. The van der Waals surface area contributed by atoms with Gasteiger partial charge in [0.25, 0.3) is 5.91 Å². The molecule has 1 aliphatic heterocycles. The quantitative estimate of drug-likeness (QED) is 0.488. The zero-order valence-corrected chi connectivity index (χ0v) is 18.6. The van der Waals surface area contributed by atoms with Gasteiger partial charge in [0.1, 0.15) is 11.9 Å². The molecule has 1 saturated heterocycles. The maximum absolute atomic E-state index is 12.7. The lowest BCUT2D eigenvalue weighted by Crippen LogP contribution is -2.55. The molecule has 3 aliphatic rings. The Morgan fingerprint density at radius 2 is 1.88 bits per heavy atom. The van der Waals surface area contributed by atoms with Gasteiger partial charge in [0, 0.05) is 29.8 Å². The van der Waals surface area contributed by atoms with Crippen molar-refractivity contribution in [2.24, 2.45) is 5.92 Å². The van der Waals surface area contributed by atoms with Crippen molar-refractivity contribution in [1.29, 1.82) is 0 Å². The fraction of sp³-hybridized carbons (Fsp3) is 0.375. The van der Waals surface area contributed by atoms with Crippen LogP contribution in [0.15, 0.2) is 43.0 Å². The molecule has 3 fully saturated rings. The summed E-state index contributed by atoms with van der Waals surface area (Å²) >= 11 is 0. The molecular weight excluding hydrogens is 436 g/mol. The minimum Gasteiger partial charge on any atom is -0.487 e. The van der Waals surface area contributed by atoms with Crippen molar-refractivity contribution in [2.45, 2.75) is 37.8 Å². The van der Waals surface area contributed by atoms with Gasteiger partial charge in [0.15, 0.2) is 11.5 Å². The first-order valence-electron chi connectivity index (χ1n) is 11.4. The number of rotatable bonds is 9. The van der Waals surface area contributed by atoms with Gasteiger partial charge in [0.05, 0.1) is 18.8 Å². The van der Waals surface area contributed by atoms with Crippen LogP contribution < -0.4 is 20.7 Å². The van der Waals surface area contributed by atoms with Crippen molar-refractivity contribution in [3.63, 3.8) is 0 Å². The van der Waals surface area contributed by atoms with Gasteiger partial charge in [-0.3, -0.25) is 14.4 Å². The number of hydrogen-bond acceptors (Lipinski definition) is 7. The molecule has 34 heavy (non-hydrogen) atoms. The highest BCUT2D eigenvalue weighted by Crippen LogP contribution is 2.31. The first-order valence-corrected chi connectivity index (χ1v) is 11.4. The Kier molecular flexibility index (Phi) is 5.87. The van der Waals surface area contributed by atoms with Gasteiger partial charge in [-0.25, -0.2) is 0 Å². The Bertz CT molecular complexity index is 1140. The van der Waals surface area contributed by atoms with Crippen LogP contribution in [0.3, 0.4) is 0 Å². The van der Waals surface area contributed by atoms with Crippen LogP contribution >= 0.6 is 0 Å². The molecule has 0 unspecified atom stereocenters. The number of amides is 3. The van der Waals surface area contributed by atoms with Crippen molar-refractivity contribution in [1.82, 2.24) is 20.4 Å². The van der Waals surface area contributed by atoms with Gasteiger partial charge in [-0.1, -0.05) is 12.6 Å². The fourth-order valence-corrected chi connectivity index (χ4v) is 3.59. The van der Waals surface area contributed by atoms with Crippen molar-refractivity contribution in [2.75, 3.05) is 23.7 Å². The van der Waals surface area contributed by atoms with E-state index < -0.39 is 0 Å². The first kappa shape index (κ1) is 21.9. The average molecular weight is 463 g/mol. The molecule has 10 nitrogen and oxygen atoms in total. The van der Waals surface area contributed by atoms with Crippen LogP contribution in [0.1, 0.15) is 36.2 Å². The smallest absolute Gasteiger partial charge is 0.274 e. The lowest BCUT2D eigenvalue weighted by Gasteiger charge is -2.38. The number of nitrogens with one attached hydrogen (secondary N) is 3. The van der Waals surface area contributed by atoms with E-state index in [9.17, 15) is 14.4 Å². The van der Waals surface area contributed by atoms with E-state index in [0.29, 0.717) is 30.2 Å². The Labute approximate surface area is 196 Å². The highest BCUT2D eigenvalue weighted by atomic mass is 16.5. The van der Waals surface area contributed by atoms with Crippen molar-refractivity contribution < 1.29 is 19.1 Å². The van der Waals surface area contributed by atoms with Gasteiger partial charge >= 0.3 is 0 Å². The molecule has 10 heteroatoms. The van der Waals surface area contributed by atoms with E-state index >= 15 is 0 Å². The Hall–Kier alpha value is -3.95. The molecule has 5 rings (SSSR count). The van der Waals surface area contributed by atoms with E-state index in [1.54, 1.807) is 11.0 Å². The Morgan fingerprint density at radius 1 is 1.09 bits per heavy atom. The minimum absolute atomic E-state index is 0.0223. The normalized spacial score (nSPS) is 17.4. The summed E-state index contributed by atoms with van der Waals surface area (Å²) in [6, 6.07) is 9.10. The number of likely N-dealkylation sites (tertiary alicyclic amines) is 1. The Morgan fingerprint density at radius 3 is 2.59 bits per heavy atom. The first-order chi connectivity index (χ1) is 16.5. The van der Waals surface area contributed by atoms with E-state index in [1.165, 1.54) is 6.08 Å². The number of carbonyl (C=O) groups is 3. The average Bonchev–Trinajstić information content (AvgIpc) is 3.70. The van der Waals surface area contributed by atoms with E-state index in [4.69, 9.17) is 4.74 Å². The minimum atomic E-state index is -0.314. The summed E-state index contributed by atoms with van der Waals surface area (Å²) < 4.78 is 5.97. The topological polar surface area (TPSA) is 126 Å². The SMILES string of the molecule is C=CC(=O)N1CC(Oc2cccc(Nc3cc(NC(=O)C4CC4)nnc3C(=O)NC3CC3)c2)C1. The van der Waals surface area contributed by atoms with Crippen LogP contribution in [0.5, 0.6) is 5.75 Å². The second-order valence-electron chi connectivity index (χ2n) is 8.84. The molecule has 0 spiro atoms. The number of hydrogen-bond donors (Lipinski definition) is 3. The molecule has 0 atom stereocenters. The van der Waals surface area contributed by atoms with Crippen LogP contribution in [0.4, 0.5) is 17.2 Å². The van der Waals surface area contributed by atoms with Crippen LogP contribution in [0.2, 0.25) is 0 Å². The molecule has 176 valence electrons. The summed E-state index contributed by atoms with van der Waals surface area (Å²) in [6.45, 7) is 4.51. The van der Waals surface area contributed by atoms with Gasteiger partial charge < -0.3 is 25.6 Å². The lowest BCUT2D eigenvalue weighted by atomic mass is 10.1. The molecular formula is C24H26N6O4. The zero-order chi connectivity index (χ0) is 23.7. The second kappa shape index (κ2) is 9.12. The van der Waals surface area contributed by atoms with Gasteiger partial charge in [-0.15, -0.1) is 10.2 Å². The number of nitrogens with zero attached hydrogens (tertiary/aromatic N) is 3. The standard InChI is InChI=1S/C24H26N6O4/c1-2-21(31)30-12-18(13-30)34-17-5-3-4-16(10-17)25-19-11-20(27-23(32)14-6-7-14)28-29-22(19)24(33)26-15-8-9-15/h2-5,10-11,14-15,18H,1,6-9,12-13H2,(H,26,33)(H2,25,27,28,32). The summed E-state index contributed by atoms with van der Waals surface area (Å²) in [5.74, 6) is 0.433. The molecule has 3 amide bonds. The summed E-state index contributed by atoms with van der Waals surface area (Å²) in [6.07, 6.45) is 4.86. The number of benzene rings is 1. The molecule has 0 radical (unpaired) electrons. The predicted octanol–water partition coefficient (Wildman–Crippen LogP) is 2.24. The monoisotopic (exact) mass is 462 g/mol. The molecule has 2 aromatic rings. The number of aromatic nitrogens is 2. The Balaban J connectivity index is 1.30. The van der Waals surface area contributed by atoms with Gasteiger partial charge in [-0.05, 0) is 43.9 Å². The van der Waals surface area contributed by atoms with E-state index in [0.717, 1.165) is 25.7 Å².